The van der Waals surface area contributed by atoms with Gasteiger partial charge in [-0.25, -0.2) is 0 Å². The quantitative estimate of drug-likeness (QED) is 0.830. The standard InChI is InChI=1S/C15H15Cl2NO3S/c1-15(20,13-3-2-6-22-13)9-18-14(19)8-21-12-5-4-10(16)7-11(12)17/h2-7,20H,8-9H2,1H3,(H,18,19)/t15-/m0/s1. The van der Waals surface area contributed by atoms with Crippen LogP contribution in [0.2, 0.25) is 10.0 Å². The van der Waals surface area contributed by atoms with E-state index in [-0.39, 0.29) is 19.1 Å². The summed E-state index contributed by atoms with van der Waals surface area (Å²) in [5.74, 6) is 0.0362. The number of nitrogens with one attached hydrogen (secondary N) is 1. The van der Waals surface area contributed by atoms with E-state index in [0.717, 1.165) is 4.88 Å². The Balaban J connectivity index is 1.83. The van der Waals surface area contributed by atoms with Crippen LogP contribution in [0, 0.1) is 0 Å². The minimum Gasteiger partial charge on any atom is -0.482 e. The van der Waals surface area contributed by atoms with Crippen molar-refractivity contribution >= 4 is 40.4 Å². The largest absolute Gasteiger partial charge is 0.482 e. The number of hydrogen-bond donors (Lipinski definition) is 2. The maximum atomic E-state index is 11.8. The summed E-state index contributed by atoms with van der Waals surface area (Å²) in [4.78, 5) is 12.6. The molecule has 118 valence electrons. The first-order valence-corrected chi connectivity index (χ1v) is 8.13. The molecule has 0 unspecified atom stereocenters. The lowest BCUT2D eigenvalue weighted by Crippen LogP contribution is -2.40. The molecule has 2 aromatic rings. The number of amides is 1. The third kappa shape index (κ3) is 4.61. The topological polar surface area (TPSA) is 58.6 Å². The number of thiophene rings is 1. The molecule has 0 fully saturated rings. The monoisotopic (exact) mass is 359 g/mol. The van der Waals surface area contributed by atoms with Crippen LogP contribution >= 0.6 is 34.5 Å². The highest BCUT2D eigenvalue weighted by Gasteiger charge is 2.24. The van der Waals surface area contributed by atoms with Gasteiger partial charge >= 0.3 is 0 Å². The van der Waals surface area contributed by atoms with Crippen LogP contribution in [0.3, 0.4) is 0 Å². The molecule has 0 saturated carbocycles. The van der Waals surface area contributed by atoms with Gasteiger partial charge in [0.05, 0.1) is 11.6 Å². The zero-order valence-electron chi connectivity index (χ0n) is 11.8. The summed E-state index contributed by atoms with van der Waals surface area (Å²) in [7, 11) is 0. The summed E-state index contributed by atoms with van der Waals surface area (Å²) in [6.07, 6.45) is 0. The summed E-state index contributed by atoms with van der Waals surface area (Å²) in [5, 5.41) is 15.6. The van der Waals surface area contributed by atoms with Crippen LogP contribution in [0.4, 0.5) is 0 Å². The van der Waals surface area contributed by atoms with Gasteiger partial charge in [0, 0.05) is 9.90 Å². The second-order valence-corrected chi connectivity index (χ2v) is 6.68. The van der Waals surface area contributed by atoms with E-state index in [2.05, 4.69) is 5.32 Å². The van der Waals surface area contributed by atoms with Crippen LogP contribution in [0.15, 0.2) is 35.7 Å². The van der Waals surface area contributed by atoms with Gasteiger partial charge in [0.2, 0.25) is 0 Å². The molecular weight excluding hydrogens is 345 g/mol. The van der Waals surface area contributed by atoms with Crippen molar-refractivity contribution in [1.82, 2.24) is 5.32 Å². The molecule has 0 aliphatic carbocycles. The van der Waals surface area contributed by atoms with Gasteiger partial charge in [-0.2, -0.15) is 0 Å². The predicted octanol–water partition coefficient (Wildman–Crippen LogP) is 3.46. The number of hydrogen-bond acceptors (Lipinski definition) is 4. The number of ether oxygens (including phenoxy) is 1. The molecule has 7 heteroatoms. The van der Waals surface area contributed by atoms with Gasteiger partial charge in [-0.05, 0) is 36.6 Å². The Kier molecular flexibility index (Phi) is 5.69. The number of rotatable bonds is 6. The number of carbonyl (C=O) groups excluding carboxylic acids is 1. The smallest absolute Gasteiger partial charge is 0.258 e. The van der Waals surface area contributed by atoms with Gasteiger partial charge in [0.25, 0.3) is 5.91 Å². The molecule has 0 saturated heterocycles. The summed E-state index contributed by atoms with van der Waals surface area (Å²) in [5.41, 5.74) is -1.11. The third-order valence-electron chi connectivity index (χ3n) is 2.93. The summed E-state index contributed by atoms with van der Waals surface area (Å²) in [6.45, 7) is 1.56. The fraction of sp³-hybridized carbons (Fsp3) is 0.267. The molecule has 1 atom stereocenters. The van der Waals surface area contributed by atoms with Crippen LogP contribution in [0.1, 0.15) is 11.8 Å². The number of halogens is 2. The van der Waals surface area contributed by atoms with Gasteiger partial charge in [0.15, 0.2) is 6.61 Å². The minimum atomic E-state index is -1.11. The Bertz CT molecular complexity index is 644. The fourth-order valence-corrected chi connectivity index (χ4v) is 2.98. The van der Waals surface area contributed by atoms with Crippen LogP contribution in [-0.4, -0.2) is 24.2 Å². The van der Waals surface area contributed by atoms with E-state index in [4.69, 9.17) is 27.9 Å². The number of benzene rings is 1. The van der Waals surface area contributed by atoms with E-state index < -0.39 is 5.60 Å². The zero-order valence-corrected chi connectivity index (χ0v) is 14.1. The lowest BCUT2D eigenvalue weighted by Gasteiger charge is -2.22. The van der Waals surface area contributed by atoms with E-state index in [1.807, 2.05) is 17.5 Å². The average Bonchev–Trinajstić information content (AvgIpc) is 2.99. The van der Waals surface area contributed by atoms with Crippen molar-refractivity contribution in [2.45, 2.75) is 12.5 Å². The summed E-state index contributed by atoms with van der Waals surface area (Å²) >= 11 is 13.2. The van der Waals surface area contributed by atoms with Crippen molar-refractivity contribution in [2.24, 2.45) is 0 Å². The summed E-state index contributed by atoms with van der Waals surface area (Å²) in [6, 6.07) is 8.43. The van der Waals surface area contributed by atoms with E-state index in [1.54, 1.807) is 19.1 Å². The third-order valence-corrected chi connectivity index (χ3v) is 4.59. The molecule has 1 aromatic carbocycles. The Hall–Kier alpha value is -1.27. The maximum absolute atomic E-state index is 11.8. The highest BCUT2D eigenvalue weighted by molar-refractivity contribution is 7.10. The molecule has 2 N–H and O–H groups in total. The van der Waals surface area contributed by atoms with Crippen molar-refractivity contribution in [3.8, 4) is 5.75 Å². The molecule has 0 spiro atoms. The predicted molar refractivity (Wildman–Crippen MR) is 88.9 cm³/mol. The molecule has 0 radical (unpaired) electrons. The molecule has 1 aromatic heterocycles. The molecule has 4 nitrogen and oxygen atoms in total. The fourth-order valence-electron chi connectivity index (χ4n) is 1.73. The Morgan fingerprint density at radius 1 is 1.41 bits per heavy atom. The highest BCUT2D eigenvalue weighted by atomic mass is 35.5. The Morgan fingerprint density at radius 2 is 2.18 bits per heavy atom. The van der Waals surface area contributed by atoms with Crippen LogP contribution in [0.25, 0.3) is 0 Å². The van der Waals surface area contributed by atoms with Gasteiger partial charge < -0.3 is 15.2 Å². The second-order valence-electron chi connectivity index (χ2n) is 4.89. The second kappa shape index (κ2) is 7.33. The van der Waals surface area contributed by atoms with E-state index in [1.165, 1.54) is 17.4 Å². The highest BCUT2D eigenvalue weighted by Crippen LogP contribution is 2.27. The normalized spacial score (nSPS) is 13.5. The van der Waals surface area contributed by atoms with E-state index in [0.29, 0.717) is 15.8 Å². The molecule has 0 aliphatic heterocycles. The van der Waals surface area contributed by atoms with Gasteiger partial charge in [-0.3, -0.25) is 4.79 Å². The molecule has 1 amide bonds. The minimum absolute atomic E-state index is 0.101. The first-order valence-electron chi connectivity index (χ1n) is 6.49. The first-order chi connectivity index (χ1) is 10.4. The van der Waals surface area contributed by atoms with Gasteiger partial charge in [-0.15, -0.1) is 11.3 Å². The zero-order chi connectivity index (χ0) is 16.2. The molecule has 22 heavy (non-hydrogen) atoms. The average molecular weight is 360 g/mol. The van der Waals surface area contributed by atoms with Crippen molar-refractivity contribution < 1.29 is 14.6 Å². The lowest BCUT2D eigenvalue weighted by atomic mass is 10.1. The van der Waals surface area contributed by atoms with Crippen molar-refractivity contribution in [1.29, 1.82) is 0 Å². The maximum Gasteiger partial charge on any atom is 0.258 e. The summed E-state index contributed by atoms with van der Waals surface area (Å²) < 4.78 is 5.33. The number of carbonyl (C=O) groups is 1. The Morgan fingerprint density at radius 3 is 2.82 bits per heavy atom. The molecule has 0 bridgehead atoms. The van der Waals surface area contributed by atoms with Crippen molar-refractivity contribution in [2.75, 3.05) is 13.2 Å². The molecule has 0 aliphatic rings. The van der Waals surface area contributed by atoms with Crippen LogP contribution in [0.5, 0.6) is 5.75 Å². The first kappa shape index (κ1) is 17.1. The van der Waals surface area contributed by atoms with E-state index >= 15 is 0 Å². The van der Waals surface area contributed by atoms with E-state index in [9.17, 15) is 9.90 Å². The molecule has 2 rings (SSSR count). The van der Waals surface area contributed by atoms with Crippen molar-refractivity contribution in [3.63, 3.8) is 0 Å². The molecular formula is C15H15Cl2NO3S. The lowest BCUT2D eigenvalue weighted by molar-refractivity contribution is -0.124. The number of aliphatic hydroxyl groups is 1. The Labute approximate surface area is 142 Å². The van der Waals surface area contributed by atoms with Gasteiger partial charge in [-0.1, -0.05) is 29.3 Å². The van der Waals surface area contributed by atoms with Gasteiger partial charge in [0.1, 0.15) is 11.4 Å². The van der Waals surface area contributed by atoms with Crippen LogP contribution < -0.4 is 10.1 Å². The molecule has 1 heterocycles. The van der Waals surface area contributed by atoms with Crippen molar-refractivity contribution in [3.05, 3.63) is 50.6 Å². The SMILES string of the molecule is C[C@](O)(CNC(=O)COc1ccc(Cl)cc1Cl)c1cccs1. The van der Waals surface area contributed by atoms with Crippen LogP contribution in [-0.2, 0) is 10.4 Å².